The van der Waals surface area contributed by atoms with Crippen LogP contribution in [0.5, 0.6) is 0 Å². The minimum atomic E-state index is -0.598. The largest absolute Gasteiger partial charge is 0.512 e. The molecule has 0 aromatic heterocycles. The fraction of sp³-hybridized carbons (Fsp3) is 0.750. The SMILES string of the molecule is CC(C)(C)NCC(O)C1CC(=O)C=C(O)C1. The maximum Gasteiger partial charge on any atom is 0.159 e. The van der Waals surface area contributed by atoms with Gasteiger partial charge in [0.25, 0.3) is 0 Å². The van der Waals surface area contributed by atoms with Crippen LogP contribution in [0.1, 0.15) is 33.6 Å². The molecule has 0 amide bonds. The summed E-state index contributed by atoms with van der Waals surface area (Å²) in [6.07, 6.45) is 1.36. The first kappa shape index (κ1) is 13.2. The van der Waals surface area contributed by atoms with Crippen molar-refractivity contribution in [1.82, 2.24) is 5.32 Å². The van der Waals surface area contributed by atoms with Gasteiger partial charge in [0.2, 0.25) is 0 Å². The zero-order chi connectivity index (χ0) is 12.3. The highest BCUT2D eigenvalue weighted by atomic mass is 16.3. The normalized spacial score (nSPS) is 24.1. The Hall–Kier alpha value is -0.870. The molecule has 1 aliphatic rings. The Balaban J connectivity index is 2.46. The minimum absolute atomic E-state index is 0.0580. The van der Waals surface area contributed by atoms with Crippen molar-refractivity contribution in [3.05, 3.63) is 11.8 Å². The highest BCUT2D eigenvalue weighted by Crippen LogP contribution is 2.23. The van der Waals surface area contributed by atoms with Gasteiger partial charge in [-0.25, -0.2) is 0 Å². The summed E-state index contributed by atoms with van der Waals surface area (Å²) in [5, 5.41) is 22.4. The van der Waals surface area contributed by atoms with Crippen molar-refractivity contribution in [2.75, 3.05) is 6.54 Å². The third-order valence-corrected chi connectivity index (χ3v) is 2.65. The number of hydrogen-bond donors (Lipinski definition) is 3. The smallest absolute Gasteiger partial charge is 0.159 e. The molecule has 0 saturated heterocycles. The molecule has 0 saturated carbocycles. The van der Waals surface area contributed by atoms with Crippen LogP contribution < -0.4 is 5.32 Å². The van der Waals surface area contributed by atoms with Gasteiger partial charge in [-0.2, -0.15) is 0 Å². The number of hydrogen-bond acceptors (Lipinski definition) is 4. The van der Waals surface area contributed by atoms with Crippen LogP contribution in [0, 0.1) is 5.92 Å². The second-order valence-electron chi connectivity index (χ2n) is 5.47. The first-order chi connectivity index (χ1) is 7.28. The number of carbonyl (C=O) groups excluding carboxylic acids is 1. The lowest BCUT2D eigenvalue weighted by molar-refractivity contribution is -0.117. The molecule has 1 rings (SSSR count). The molecule has 0 heterocycles. The van der Waals surface area contributed by atoms with E-state index < -0.39 is 6.10 Å². The number of aliphatic hydroxyl groups excluding tert-OH is 2. The maximum absolute atomic E-state index is 11.2. The molecule has 0 fully saturated rings. The van der Waals surface area contributed by atoms with Crippen molar-refractivity contribution >= 4 is 5.78 Å². The Morgan fingerprint density at radius 2 is 2.12 bits per heavy atom. The van der Waals surface area contributed by atoms with Crippen LogP contribution in [-0.4, -0.2) is 34.2 Å². The number of rotatable bonds is 3. The van der Waals surface area contributed by atoms with Gasteiger partial charge in [0.15, 0.2) is 5.78 Å². The minimum Gasteiger partial charge on any atom is -0.512 e. The Morgan fingerprint density at radius 3 is 2.62 bits per heavy atom. The lowest BCUT2D eigenvalue weighted by Gasteiger charge is -2.28. The van der Waals surface area contributed by atoms with Gasteiger partial charge in [0, 0.05) is 36.9 Å². The Bertz CT molecular complexity index is 291. The van der Waals surface area contributed by atoms with E-state index in [0.29, 0.717) is 19.4 Å². The van der Waals surface area contributed by atoms with E-state index in [9.17, 15) is 15.0 Å². The zero-order valence-corrected chi connectivity index (χ0v) is 10.2. The van der Waals surface area contributed by atoms with Gasteiger partial charge in [-0.05, 0) is 20.8 Å². The quantitative estimate of drug-likeness (QED) is 0.676. The van der Waals surface area contributed by atoms with Crippen LogP contribution in [0.15, 0.2) is 11.8 Å². The zero-order valence-electron chi connectivity index (χ0n) is 10.2. The Morgan fingerprint density at radius 1 is 1.50 bits per heavy atom. The molecule has 0 aliphatic heterocycles. The lowest BCUT2D eigenvalue weighted by atomic mass is 9.87. The molecule has 92 valence electrons. The van der Waals surface area contributed by atoms with Gasteiger partial charge in [-0.1, -0.05) is 0 Å². The molecule has 4 nitrogen and oxygen atoms in total. The first-order valence-corrected chi connectivity index (χ1v) is 5.63. The summed E-state index contributed by atoms with van der Waals surface area (Å²) in [5.74, 6) is -0.202. The average molecular weight is 227 g/mol. The van der Waals surface area contributed by atoms with E-state index in [2.05, 4.69) is 5.32 Å². The number of ketones is 1. The van der Waals surface area contributed by atoms with Gasteiger partial charge in [-0.3, -0.25) is 4.79 Å². The fourth-order valence-electron chi connectivity index (χ4n) is 1.75. The van der Waals surface area contributed by atoms with Gasteiger partial charge in [0.1, 0.15) is 0 Å². The molecule has 0 aromatic carbocycles. The van der Waals surface area contributed by atoms with E-state index in [-0.39, 0.29) is 23.0 Å². The van der Waals surface area contributed by atoms with Crippen LogP contribution in [0.3, 0.4) is 0 Å². The average Bonchev–Trinajstić information content (AvgIpc) is 2.11. The Kier molecular flexibility index (Phi) is 4.10. The van der Waals surface area contributed by atoms with E-state index >= 15 is 0 Å². The van der Waals surface area contributed by atoms with Crippen LogP contribution in [0.2, 0.25) is 0 Å². The second-order valence-corrected chi connectivity index (χ2v) is 5.47. The van der Waals surface area contributed by atoms with Crippen LogP contribution in [-0.2, 0) is 4.79 Å². The van der Waals surface area contributed by atoms with E-state index in [1.165, 1.54) is 6.08 Å². The fourth-order valence-corrected chi connectivity index (χ4v) is 1.75. The molecule has 3 N–H and O–H groups in total. The molecule has 2 atom stereocenters. The van der Waals surface area contributed by atoms with Gasteiger partial charge in [0.05, 0.1) is 11.9 Å². The van der Waals surface area contributed by atoms with Crippen molar-refractivity contribution in [2.24, 2.45) is 5.92 Å². The number of β-amino-alcohol motifs (C(OH)–C–C–N with tert-alkyl or cyclic N) is 1. The summed E-state index contributed by atoms with van der Waals surface area (Å²) >= 11 is 0. The van der Waals surface area contributed by atoms with E-state index in [0.717, 1.165) is 0 Å². The molecular weight excluding hydrogens is 206 g/mol. The summed E-state index contributed by atoms with van der Waals surface area (Å²) in [7, 11) is 0. The van der Waals surface area contributed by atoms with Crippen molar-refractivity contribution < 1.29 is 15.0 Å². The standard InChI is InChI=1S/C12H21NO3/c1-12(2,3)13-7-11(16)8-4-9(14)6-10(15)5-8/h6,8,11,13-14,16H,4-5,7H2,1-3H3. The number of allylic oxidation sites excluding steroid dienone is 2. The number of aliphatic hydroxyl groups is 2. The highest BCUT2D eigenvalue weighted by Gasteiger charge is 2.27. The van der Waals surface area contributed by atoms with Crippen LogP contribution in [0.4, 0.5) is 0 Å². The van der Waals surface area contributed by atoms with Crippen molar-refractivity contribution in [3.63, 3.8) is 0 Å². The molecule has 1 aliphatic carbocycles. The molecular formula is C12H21NO3. The summed E-state index contributed by atoms with van der Waals surface area (Å²) in [4.78, 5) is 11.2. The molecule has 0 bridgehead atoms. The predicted octanol–water partition coefficient (Wildman–Crippen LogP) is 1.16. The van der Waals surface area contributed by atoms with Crippen LogP contribution >= 0.6 is 0 Å². The van der Waals surface area contributed by atoms with Crippen molar-refractivity contribution in [2.45, 2.75) is 45.3 Å². The maximum atomic E-state index is 11.2. The first-order valence-electron chi connectivity index (χ1n) is 5.63. The number of nitrogens with one attached hydrogen (secondary N) is 1. The molecule has 4 heteroatoms. The summed E-state index contributed by atoms with van der Waals surface area (Å²) < 4.78 is 0. The van der Waals surface area contributed by atoms with E-state index in [1.807, 2.05) is 20.8 Å². The molecule has 0 radical (unpaired) electrons. The van der Waals surface area contributed by atoms with Gasteiger partial charge < -0.3 is 15.5 Å². The summed E-state index contributed by atoms with van der Waals surface area (Å²) in [6, 6.07) is 0. The van der Waals surface area contributed by atoms with Crippen molar-refractivity contribution in [1.29, 1.82) is 0 Å². The van der Waals surface area contributed by atoms with E-state index in [1.54, 1.807) is 0 Å². The Labute approximate surface area is 96.4 Å². The second kappa shape index (κ2) is 4.97. The van der Waals surface area contributed by atoms with Gasteiger partial charge >= 0.3 is 0 Å². The van der Waals surface area contributed by atoms with Crippen molar-refractivity contribution in [3.8, 4) is 0 Å². The van der Waals surface area contributed by atoms with Crippen LogP contribution in [0.25, 0.3) is 0 Å². The molecule has 0 spiro atoms. The summed E-state index contributed by atoms with van der Waals surface area (Å²) in [5.41, 5.74) is -0.0580. The van der Waals surface area contributed by atoms with E-state index in [4.69, 9.17) is 0 Å². The third-order valence-electron chi connectivity index (χ3n) is 2.65. The summed E-state index contributed by atoms with van der Waals surface area (Å²) in [6.45, 7) is 6.49. The lowest BCUT2D eigenvalue weighted by Crippen LogP contribution is -2.43. The highest BCUT2D eigenvalue weighted by molar-refractivity contribution is 5.91. The third kappa shape index (κ3) is 4.33. The molecule has 2 unspecified atom stereocenters. The molecule has 0 aromatic rings. The monoisotopic (exact) mass is 227 g/mol. The van der Waals surface area contributed by atoms with Gasteiger partial charge in [-0.15, -0.1) is 0 Å². The molecule has 16 heavy (non-hydrogen) atoms. The number of carbonyl (C=O) groups is 1. The topological polar surface area (TPSA) is 69.6 Å². The predicted molar refractivity (Wildman–Crippen MR) is 62.2 cm³/mol.